The number of likely N-dealkylation sites (tertiary alicyclic amines) is 1. The first-order chi connectivity index (χ1) is 12.3. The van der Waals surface area contributed by atoms with Crippen LogP contribution in [0.25, 0.3) is 10.9 Å². The summed E-state index contributed by atoms with van der Waals surface area (Å²) in [5.74, 6) is -3.08. The second-order valence-electron chi connectivity index (χ2n) is 7.05. The standard InChI is InChI=1S/C18H19F2N3O3/c1-3-12-13(18(25)26)17(24)10-5-11(19)16(14(20)15(10)21-12)23-7-8-4-9(23)6-22(8)2/h5,8-9H,3-4,6-7H2,1-2H3,(H,21,24)(H,25,26). The number of hydrogen-bond donors (Lipinski definition) is 2. The highest BCUT2D eigenvalue weighted by atomic mass is 19.1. The van der Waals surface area contributed by atoms with Crippen molar-refractivity contribution in [2.75, 3.05) is 25.0 Å². The number of carboxylic acids is 1. The summed E-state index contributed by atoms with van der Waals surface area (Å²) in [6, 6.07) is 1.24. The van der Waals surface area contributed by atoms with Gasteiger partial charge in [-0.25, -0.2) is 13.6 Å². The van der Waals surface area contributed by atoms with Gasteiger partial charge in [-0.3, -0.25) is 9.69 Å². The van der Waals surface area contributed by atoms with E-state index in [1.807, 2.05) is 7.05 Å². The van der Waals surface area contributed by atoms with Crippen molar-refractivity contribution < 1.29 is 18.7 Å². The van der Waals surface area contributed by atoms with E-state index in [0.717, 1.165) is 19.0 Å². The fourth-order valence-corrected chi connectivity index (χ4v) is 4.29. The first-order valence-corrected chi connectivity index (χ1v) is 8.60. The van der Waals surface area contributed by atoms with Crippen LogP contribution in [0.5, 0.6) is 0 Å². The van der Waals surface area contributed by atoms with Crippen molar-refractivity contribution in [2.45, 2.75) is 31.8 Å². The van der Waals surface area contributed by atoms with Crippen LogP contribution in [0.1, 0.15) is 29.4 Å². The van der Waals surface area contributed by atoms with Crippen molar-refractivity contribution in [1.29, 1.82) is 0 Å². The second-order valence-corrected chi connectivity index (χ2v) is 7.05. The number of carbonyl (C=O) groups is 1. The number of aromatic amines is 1. The molecular formula is C18H19F2N3O3. The van der Waals surface area contributed by atoms with Crippen molar-refractivity contribution >= 4 is 22.6 Å². The van der Waals surface area contributed by atoms with E-state index < -0.39 is 28.6 Å². The molecule has 0 amide bonds. The number of piperazine rings is 1. The van der Waals surface area contributed by atoms with E-state index in [1.165, 1.54) is 0 Å². The maximum Gasteiger partial charge on any atom is 0.341 e. The molecule has 26 heavy (non-hydrogen) atoms. The van der Waals surface area contributed by atoms with Crippen LogP contribution in [0, 0.1) is 11.6 Å². The lowest BCUT2D eigenvalue weighted by Gasteiger charge is -2.34. The number of nitrogens with zero attached hydrogens (tertiary/aromatic N) is 2. The zero-order chi connectivity index (χ0) is 18.7. The lowest BCUT2D eigenvalue weighted by molar-refractivity contribution is 0.0694. The van der Waals surface area contributed by atoms with Crippen LogP contribution in [0.15, 0.2) is 10.9 Å². The van der Waals surface area contributed by atoms with Crippen LogP contribution in [0.3, 0.4) is 0 Å². The smallest absolute Gasteiger partial charge is 0.341 e. The Morgan fingerprint density at radius 1 is 1.35 bits per heavy atom. The van der Waals surface area contributed by atoms with Crippen molar-refractivity contribution in [3.8, 4) is 0 Å². The van der Waals surface area contributed by atoms with E-state index in [9.17, 15) is 19.1 Å². The van der Waals surface area contributed by atoms with Gasteiger partial charge in [0.05, 0.1) is 10.9 Å². The number of pyridine rings is 1. The number of carboxylic acid groups (broad SMARTS) is 1. The summed E-state index contributed by atoms with van der Waals surface area (Å²) in [7, 11) is 1.99. The van der Waals surface area contributed by atoms with Crippen LogP contribution in [-0.4, -0.2) is 53.2 Å². The fraction of sp³-hybridized carbons (Fsp3) is 0.444. The fourth-order valence-electron chi connectivity index (χ4n) is 4.29. The lowest BCUT2D eigenvalue weighted by Crippen LogP contribution is -2.45. The van der Waals surface area contributed by atoms with Gasteiger partial charge in [-0.15, -0.1) is 0 Å². The Morgan fingerprint density at radius 2 is 2.08 bits per heavy atom. The van der Waals surface area contributed by atoms with Crippen LogP contribution in [0.4, 0.5) is 14.5 Å². The third-order valence-corrected chi connectivity index (χ3v) is 5.61. The summed E-state index contributed by atoms with van der Waals surface area (Å²) in [5.41, 5.74) is -1.47. The molecule has 138 valence electrons. The number of benzene rings is 1. The molecule has 3 heterocycles. The Hall–Kier alpha value is -2.48. The van der Waals surface area contributed by atoms with Gasteiger partial charge in [-0.05, 0) is 26.0 Å². The van der Waals surface area contributed by atoms with Crippen LogP contribution < -0.4 is 10.3 Å². The van der Waals surface area contributed by atoms with Gasteiger partial charge in [0.15, 0.2) is 5.82 Å². The molecule has 0 saturated carbocycles. The molecule has 4 rings (SSSR count). The monoisotopic (exact) mass is 363 g/mol. The van der Waals surface area contributed by atoms with Gasteiger partial charge in [-0.2, -0.15) is 0 Å². The van der Waals surface area contributed by atoms with E-state index in [0.29, 0.717) is 6.54 Å². The minimum atomic E-state index is -1.41. The predicted molar refractivity (Wildman–Crippen MR) is 93.0 cm³/mol. The Bertz CT molecular complexity index is 986. The topological polar surface area (TPSA) is 76.6 Å². The molecule has 2 aliphatic rings. The maximum absolute atomic E-state index is 15.2. The molecule has 2 aromatic rings. The maximum atomic E-state index is 15.2. The largest absolute Gasteiger partial charge is 0.477 e. The molecule has 2 N–H and O–H groups in total. The van der Waals surface area contributed by atoms with E-state index in [-0.39, 0.29) is 40.8 Å². The van der Waals surface area contributed by atoms with E-state index in [4.69, 9.17) is 0 Å². The van der Waals surface area contributed by atoms with E-state index in [2.05, 4.69) is 9.88 Å². The van der Waals surface area contributed by atoms with Crippen LogP contribution >= 0.6 is 0 Å². The summed E-state index contributed by atoms with van der Waals surface area (Å²) in [6.45, 7) is 2.93. The number of aryl methyl sites for hydroxylation is 1. The summed E-state index contributed by atoms with van der Waals surface area (Å²) < 4.78 is 30.0. The van der Waals surface area contributed by atoms with Gasteiger partial charge in [0.2, 0.25) is 5.43 Å². The average Bonchev–Trinajstić information content (AvgIpc) is 3.14. The molecule has 6 nitrogen and oxygen atoms in total. The highest BCUT2D eigenvalue weighted by molar-refractivity contribution is 5.95. The number of likely N-dealkylation sites (N-methyl/N-ethyl adjacent to an activating group) is 1. The molecule has 8 heteroatoms. The average molecular weight is 363 g/mol. The van der Waals surface area contributed by atoms with Gasteiger partial charge in [0.1, 0.15) is 17.1 Å². The molecule has 0 spiro atoms. The molecule has 1 aromatic carbocycles. The number of aromatic carboxylic acids is 1. The van der Waals surface area contributed by atoms with Crippen LogP contribution in [-0.2, 0) is 6.42 Å². The minimum Gasteiger partial charge on any atom is -0.477 e. The van der Waals surface area contributed by atoms with Gasteiger partial charge in [-0.1, -0.05) is 6.92 Å². The molecule has 2 aliphatic heterocycles. The van der Waals surface area contributed by atoms with Crippen molar-refractivity contribution in [3.05, 3.63) is 39.2 Å². The summed E-state index contributed by atoms with van der Waals surface area (Å²) in [4.78, 5) is 30.5. The number of rotatable bonds is 3. The Labute approximate surface area is 148 Å². The minimum absolute atomic E-state index is 0.0297. The predicted octanol–water partition coefficient (Wildman–Crippen LogP) is 1.96. The van der Waals surface area contributed by atoms with Gasteiger partial charge >= 0.3 is 5.97 Å². The zero-order valence-corrected chi connectivity index (χ0v) is 14.5. The van der Waals surface area contributed by atoms with Crippen molar-refractivity contribution in [2.24, 2.45) is 0 Å². The molecule has 0 aliphatic carbocycles. The van der Waals surface area contributed by atoms with Gasteiger partial charge in [0.25, 0.3) is 0 Å². The Kier molecular flexibility index (Phi) is 3.76. The Morgan fingerprint density at radius 3 is 2.62 bits per heavy atom. The lowest BCUT2D eigenvalue weighted by atomic mass is 10.0. The molecular weight excluding hydrogens is 344 g/mol. The third-order valence-electron chi connectivity index (χ3n) is 5.61. The zero-order valence-electron chi connectivity index (χ0n) is 14.5. The first kappa shape index (κ1) is 17.0. The molecule has 0 radical (unpaired) electrons. The molecule has 2 unspecified atom stereocenters. The summed E-state index contributed by atoms with van der Waals surface area (Å²) in [6.07, 6.45) is 1.07. The first-order valence-electron chi connectivity index (χ1n) is 8.60. The molecule has 2 bridgehead atoms. The highest BCUT2D eigenvalue weighted by Crippen LogP contribution is 2.38. The highest BCUT2D eigenvalue weighted by Gasteiger charge is 2.43. The van der Waals surface area contributed by atoms with E-state index >= 15 is 4.39 Å². The number of aromatic nitrogens is 1. The quantitative estimate of drug-likeness (QED) is 0.872. The molecule has 2 saturated heterocycles. The number of halogens is 2. The molecule has 2 atom stereocenters. The number of nitrogens with one attached hydrogen (secondary N) is 1. The number of anilines is 1. The van der Waals surface area contributed by atoms with Crippen LogP contribution in [0.2, 0.25) is 0 Å². The molecule has 2 fully saturated rings. The Balaban J connectivity index is 1.94. The third kappa shape index (κ3) is 2.25. The summed E-state index contributed by atoms with van der Waals surface area (Å²) >= 11 is 0. The SMILES string of the molecule is CCc1[nH]c2c(F)c(N3CC4CC3CN4C)c(F)cc2c(=O)c1C(=O)O. The molecule has 1 aromatic heterocycles. The number of fused-ring (bicyclic) bond motifs is 3. The van der Waals surface area contributed by atoms with Crippen molar-refractivity contribution in [3.63, 3.8) is 0 Å². The number of H-pyrrole nitrogens is 1. The summed E-state index contributed by atoms with van der Waals surface area (Å²) in [5, 5.41) is 9.00. The van der Waals surface area contributed by atoms with Gasteiger partial charge in [0, 0.05) is 30.9 Å². The van der Waals surface area contributed by atoms with E-state index in [1.54, 1.807) is 11.8 Å². The van der Waals surface area contributed by atoms with Gasteiger partial charge < -0.3 is 15.0 Å². The normalized spacial score (nSPS) is 22.5. The number of hydrogen-bond acceptors (Lipinski definition) is 4. The van der Waals surface area contributed by atoms with Crippen molar-refractivity contribution in [1.82, 2.24) is 9.88 Å². The second kappa shape index (κ2) is 5.77.